The molecule has 4 heterocycles. The van der Waals surface area contributed by atoms with E-state index in [1.165, 1.54) is 22.0 Å². The average Bonchev–Trinajstić information content (AvgIpc) is 3.75. The predicted octanol–water partition coefficient (Wildman–Crippen LogP) is 5.30. The summed E-state index contributed by atoms with van der Waals surface area (Å²) in [6.07, 6.45) is 1.55. The molecular formula is C30H20FN3O6S2. The van der Waals surface area contributed by atoms with Crippen molar-refractivity contribution in [3.8, 4) is 11.3 Å². The van der Waals surface area contributed by atoms with Crippen LogP contribution in [0.3, 0.4) is 0 Å². The number of carbonyl (C=O) groups is 1. The Labute approximate surface area is 244 Å². The minimum Gasteiger partial charge on any atom is -0.463 e. The Morgan fingerprint density at radius 3 is 2.67 bits per heavy atom. The zero-order valence-corrected chi connectivity index (χ0v) is 23.5. The van der Waals surface area contributed by atoms with Gasteiger partial charge in [0.2, 0.25) is 5.82 Å². The molecule has 0 fully saturated rings. The molecule has 0 saturated carbocycles. The first-order valence-corrected chi connectivity index (χ1v) is 14.4. The molecule has 0 N–H and O–H groups in total. The van der Waals surface area contributed by atoms with E-state index < -0.39 is 28.4 Å². The summed E-state index contributed by atoms with van der Waals surface area (Å²) in [7, 11) is 0. The van der Waals surface area contributed by atoms with Crippen molar-refractivity contribution in [3.05, 3.63) is 136 Å². The van der Waals surface area contributed by atoms with Crippen molar-refractivity contribution in [1.29, 1.82) is 0 Å². The SMILES string of the molecule is CCOC(=O)C1=C(c2ccccc2)N=c2s/c(=C\c3ccc(-c4ccc(F)c([N+](=O)[O-])c4)o3)c(=O)n2[C@@H]1c1cccs1. The minimum absolute atomic E-state index is 0.157. The first-order valence-electron chi connectivity index (χ1n) is 12.7. The lowest BCUT2D eigenvalue weighted by molar-refractivity contribution is -0.387. The molecule has 210 valence electrons. The van der Waals surface area contributed by atoms with Crippen LogP contribution in [0.2, 0.25) is 0 Å². The molecule has 0 spiro atoms. The summed E-state index contributed by atoms with van der Waals surface area (Å²) in [5.41, 5.74) is 0.679. The van der Waals surface area contributed by atoms with E-state index in [1.807, 2.05) is 47.8 Å². The van der Waals surface area contributed by atoms with Crippen molar-refractivity contribution in [1.82, 2.24) is 4.57 Å². The van der Waals surface area contributed by atoms with Crippen LogP contribution in [0.1, 0.15) is 29.2 Å². The number of nitro groups is 1. The second-order valence-electron chi connectivity index (χ2n) is 9.07. The molecule has 0 unspecified atom stereocenters. The number of fused-ring (bicyclic) bond motifs is 1. The molecule has 5 aromatic rings. The Hall–Kier alpha value is -4.94. The molecule has 2 aromatic carbocycles. The van der Waals surface area contributed by atoms with Gasteiger partial charge in [-0.1, -0.05) is 47.7 Å². The second kappa shape index (κ2) is 11.1. The number of rotatable bonds is 7. The van der Waals surface area contributed by atoms with Crippen LogP contribution in [0.5, 0.6) is 0 Å². The summed E-state index contributed by atoms with van der Waals surface area (Å²) in [5, 5.41) is 13.0. The number of aromatic nitrogens is 1. The highest BCUT2D eigenvalue weighted by Gasteiger charge is 2.35. The molecule has 0 aliphatic carbocycles. The van der Waals surface area contributed by atoms with Crippen LogP contribution in [0.25, 0.3) is 23.1 Å². The van der Waals surface area contributed by atoms with E-state index in [-0.39, 0.29) is 23.5 Å². The standard InChI is InChI=1S/C30H20FN3O6S2/c1-2-39-29(36)25-26(17-7-4-3-5-8-17)32-30-33(27(25)23-9-6-14-41-23)28(35)24(42-30)16-19-11-13-22(40-19)18-10-12-20(31)21(15-18)34(37)38/h3-16,27H,2H2,1H3/b24-16-/t27-/m1/s1. The van der Waals surface area contributed by atoms with Gasteiger partial charge < -0.3 is 9.15 Å². The predicted molar refractivity (Wildman–Crippen MR) is 156 cm³/mol. The normalized spacial score (nSPS) is 14.9. The Balaban J connectivity index is 1.51. The molecule has 0 amide bonds. The third-order valence-corrected chi connectivity index (χ3v) is 8.42. The van der Waals surface area contributed by atoms with Crippen molar-refractivity contribution in [2.45, 2.75) is 13.0 Å². The Morgan fingerprint density at radius 1 is 1.14 bits per heavy atom. The third-order valence-electron chi connectivity index (χ3n) is 6.51. The number of nitro benzene ring substituents is 1. The summed E-state index contributed by atoms with van der Waals surface area (Å²) in [6, 6.07) is 18.9. The van der Waals surface area contributed by atoms with E-state index in [2.05, 4.69) is 0 Å². The Morgan fingerprint density at radius 2 is 1.95 bits per heavy atom. The monoisotopic (exact) mass is 601 g/mol. The number of nitrogens with zero attached hydrogens (tertiary/aromatic N) is 3. The van der Waals surface area contributed by atoms with Gasteiger partial charge in [-0.15, -0.1) is 11.3 Å². The van der Waals surface area contributed by atoms with Gasteiger partial charge in [-0.05, 0) is 42.6 Å². The number of benzene rings is 2. The molecule has 9 nitrogen and oxygen atoms in total. The zero-order chi connectivity index (χ0) is 29.4. The number of furan rings is 1. The van der Waals surface area contributed by atoms with E-state index in [9.17, 15) is 24.1 Å². The molecule has 0 saturated heterocycles. The summed E-state index contributed by atoms with van der Waals surface area (Å²) in [4.78, 5) is 43.6. The second-order valence-corrected chi connectivity index (χ2v) is 11.1. The van der Waals surface area contributed by atoms with E-state index in [1.54, 1.807) is 25.1 Å². The molecule has 0 radical (unpaired) electrons. The maximum atomic E-state index is 13.9. The van der Waals surface area contributed by atoms with Crippen molar-refractivity contribution < 1.29 is 23.3 Å². The fourth-order valence-electron chi connectivity index (χ4n) is 4.68. The van der Waals surface area contributed by atoms with Crippen LogP contribution in [0.4, 0.5) is 10.1 Å². The van der Waals surface area contributed by atoms with E-state index in [0.29, 0.717) is 31.9 Å². The van der Waals surface area contributed by atoms with Crippen molar-refractivity contribution in [2.75, 3.05) is 6.61 Å². The number of thiophene rings is 1. The van der Waals surface area contributed by atoms with E-state index in [0.717, 1.165) is 28.3 Å². The number of carbonyl (C=O) groups excluding carboxylic acids is 1. The maximum Gasteiger partial charge on any atom is 0.338 e. The van der Waals surface area contributed by atoms with Crippen LogP contribution in [0.15, 0.2) is 98.0 Å². The number of hydrogen-bond acceptors (Lipinski definition) is 9. The molecule has 0 bridgehead atoms. The smallest absolute Gasteiger partial charge is 0.338 e. The summed E-state index contributed by atoms with van der Waals surface area (Å²) < 4.78 is 26.9. The lowest BCUT2D eigenvalue weighted by Gasteiger charge is -2.24. The highest BCUT2D eigenvalue weighted by Crippen LogP contribution is 2.37. The van der Waals surface area contributed by atoms with Crippen LogP contribution in [-0.4, -0.2) is 22.1 Å². The van der Waals surface area contributed by atoms with Gasteiger partial charge in [0.25, 0.3) is 5.56 Å². The van der Waals surface area contributed by atoms with Crippen LogP contribution < -0.4 is 14.9 Å². The zero-order valence-electron chi connectivity index (χ0n) is 21.9. The van der Waals surface area contributed by atoms with Crippen molar-refractivity contribution >= 4 is 46.1 Å². The summed E-state index contributed by atoms with van der Waals surface area (Å²) in [5.74, 6) is -0.932. The molecule has 1 aliphatic heterocycles. The fraction of sp³-hybridized carbons (Fsp3) is 0.100. The van der Waals surface area contributed by atoms with Gasteiger partial charge in [0.05, 0.1) is 27.3 Å². The lowest BCUT2D eigenvalue weighted by atomic mass is 9.97. The highest BCUT2D eigenvalue weighted by atomic mass is 32.1. The summed E-state index contributed by atoms with van der Waals surface area (Å²) in [6.45, 7) is 1.88. The first kappa shape index (κ1) is 27.2. The molecule has 3 aromatic heterocycles. The van der Waals surface area contributed by atoms with Gasteiger partial charge in [-0.2, -0.15) is 4.39 Å². The van der Waals surface area contributed by atoms with Gasteiger partial charge in [0, 0.05) is 28.1 Å². The molecule has 1 aliphatic rings. The van der Waals surface area contributed by atoms with E-state index in [4.69, 9.17) is 14.1 Å². The van der Waals surface area contributed by atoms with Crippen molar-refractivity contribution in [3.63, 3.8) is 0 Å². The molecule has 1 atom stereocenters. The van der Waals surface area contributed by atoms with Crippen LogP contribution >= 0.6 is 22.7 Å². The van der Waals surface area contributed by atoms with Crippen molar-refractivity contribution in [2.24, 2.45) is 4.99 Å². The van der Waals surface area contributed by atoms with Gasteiger partial charge in [-0.3, -0.25) is 19.5 Å². The molecule has 12 heteroatoms. The van der Waals surface area contributed by atoms with Gasteiger partial charge in [0.15, 0.2) is 4.80 Å². The molecular weight excluding hydrogens is 581 g/mol. The number of halogens is 1. The van der Waals surface area contributed by atoms with Gasteiger partial charge >= 0.3 is 11.7 Å². The number of thiazole rings is 1. The lowest BCUT2D eigenvalue weighted by Crippen LogP contribution is -2.39. The Bertz CT molecular complexity index is 2040. The fourth-order valence-corrected chi connectivity index (χ4v) is 6.48. The third kappa shape index (κ3) is 4.91. The average molecular weight is 602 g/mol. The van der Waals surface area contributed by atoms with E-state index >= 15 is 0 Å². The number of esters is 1. The molecule has 42 heavy (non-hydrogen) atoms. The summed E-state index contributed by atoms with van der Waals surface area (Å²) >= 11 is 2.56. The minimum atomic E-state index is -0.950. The van der Waals surface area contributed by atoms with Gasteiger partial charge in [-0.25, -0.2) is 9.79 Å². The van der Waals surface area contributed by atoms with Crippen LogP contribution in [0, 0.1) is 15.9 Å². The van der Waals surface area contributed by atoms with Crippen LogP contribution in [-0.2, 0) is 9.53 Å². The topological polar surface area (TPSA) is 117 Å². The highest BCUT2D eigenvalue weighted by molar-refractivity contribution is 7.10. The van der Waals surface area contributed by atoms with Gasteiger partial charge in [0.1, 0.15) is 17.6 Å². The maximum absolute atomic E-state index is 13.9. The first-order chi connectivity index (χ1) is 20.4. The number of ether oxygens (including phenoxy) is 1. The Kier molecular flexibility index (Phi) is 7.23. The molecule has 6 rings (SSSR count). The quantitative estimate of drug-likeness (QED) is 0.142. The largest absolute Gasteiger partial charge is 0.463 e. The number of hydrogen-bond donors (Lipinski definition) is 0.